The summed E-state index contributed by atoms with van der Waals surface area (Å²) in [6, 6.07) is 0.478. The molecule has 0 aliphatic rings. The maximum atomic E-state index is 11.6. The number of sulfone groups is 1. The Hall–Kier alpha value is -0.0900. The van der Waals surface area contributed by atoms with Gasteiger partial charge >= 0.3 is 0 Å². The number of hydrogen-bond acceptors (Lipinski definition) is 3. The summed E-state index contributed by atoms with van der Waals surface area (Å²) in [7, 11) is -2.79. The highest BCUT2D eigenvalue weighted by Crippen LogP contribution is 2.06. The van der Waals surface area contributed by atoms with Gasteiger partial charge < -0.3 is 5.32 Å². The molecule has 98 valence electrons. The van der Waals surface area contributed by atoms with Crippen LogP contribution in [0, 0.1) is 0 Å². The molecule has 0 aromatic heterocycles. The smallest absolute Gasteiger partial charge is 0.150 e. The molecule has 0 aliphatic carbocycles. The van der Waals surface area contributed by atoms with E-state index in [0.29, 0.717) is 17.5 Å². The van der Waals surface area contributed by atoms with Gasteiger partial charge in [0.2, 0.25) is 0 Å². The van der Waals surface area contributed by atoms with Gasteiger partial charge in [-0.25, -0.2) is 8.42 Å². The van der Waals surface area contributed by atoms with Gasteiger partial charge in [-0.3, -0.25) is 0 Å². The lowest BCUT2D eigenvalue weighted by atomic mass is 10.1. The minimum Gasteiger partial charge on any atom is -0.314 e. The second kappa shape index (κ2) is 8.99. The largest absolute Gasteiger partial charge is 0.314 e. The van der Waals surface area contributed by atoms with Gasteiger partial charge in [-0.15, -0.1) is 0 Å². The van der Waals surface area contributed by atoms with Gasteiger partial charge in [0, 0.05) is 6.04 Å². The van der Waals surface area contributed by atoms with Crippen LogP contribution in [-0.4, -0.2) is 32.5 Å². The summed E-state index contributed by atoms with van der Waals surface area (Å²) in [6.07, 6.45) is 4.58. The Labute approximate surface area is 101 Å². The van der Waals surface area contributed by atoms with Crippen molar-refractivity contribution in [2.24, 2.45) is 0 Å². The van der Waals surface area contributed by atoms with E-state index in [1.54, 1.807) is 0 Å². The standard InChI is InChI=1S/C12H27NO2S/c1-4-7-10-16(14,15)11-8-9-12(5-2)13-6-3/h12-13H,4-11H2,1-3H3. The highest BCUT2D eigenvalue weighted by atomic mass is 32.2. The predicted octanol–water partition coefficient (Wildman–Crippen LogP) is 2.37. The first-order valence-electron chi connectivity index (χ1n) is 6.49. The third-order valence-electron chi connectivity index (χ3n) is 2.80. The van der Waals surface area contributed by atoms with Crippen LogP contribution in [-0.2, 0) is 9.84 Å². The molecule has 16 heavy (non-hydrogen) atoms. The van der Waals surface area contributed by atoms with Crippen LogP contribution in [0.25, 0.3) is 0 Å². The van der Waals surface area contributed by atoms with E-state index in [0.717, 1.165) is 38.6 Å². The highest BCUT2D eigenvalue weighted by molar-refractivity contribution is 7.91. The molecule has 0 heterocycles. The SMILES string of the molecule is CCCCS(=O)(=O)CCCC(CC)NCC. The molecular weight excluding hydrogens is 222 g/mol. The normalized spacial score (nSPS) is 13.9. The molecule has 0 spiro atoms. The average molecular weight is 249 g/mol. The fourth-order valence-corrected chi connectivity index (χ4v) is 3.29. The van der Waals surface area contributed by atoms with E-state index >= 15 is 0 Å². The molecule has 1 atom stereocenters. The Balaban J connectivity index is 3.78. The van der Waals surface area contributed by atoms with Crippen LogP contribution in [0.2, 0.25) is 0 Å². The molecular formula is C12H27NO2S. The minimum atomic E-state index is -2.79. The molecule has 0 amide bonds. The zero-order valence-electron chi connectivity index (χ0n) is 11.0. The van der Waals surface area contributed by atoms with Gasteiger partial charge in [0.15, 0.2) is 0 Å². The zero-order valence-corrected chi connectivity index (χ0v) is 11.8. The van der Waals surface area contributed by atoms with E-state index in [1.807, 2.05) is 6.92 Å². The van der Waals surface area contributed by atoms with Crippen molar-refractivity contribution >= 4 is 9.84 Å². The maximum absolute atomic E-state index is 11.6. The summed E-state index contributed by atoms with van der Waals surface area (Å²) < 4.78 is 23.2. The monoisotopic (exact) mass is 249 g/mol. The van der Waals surface area contributed by atoms with Crippen molar-refractivity contribution in [3.63, 3.8) is 0 Å². The summed E-state index contributed by atoms with van der Waals surface area (Å²) in [6.45, 7) is 7.20. The molecule has 0 bridgehead atoms. The van der Waals surface area contributed by atoms with Crippen LogP contribution in [0.4, 0.5) is 0 Å². The predicted molar refractivity (Wildman–Crippen MR) is 70.6 cm³/mol. The molecule has 0 fully saturated rings. The summed E-state index contributed by atoms with van der Waals surface area (Å²) in [5.74, 6) is 0.719. The first kappa shape index (κ1) is 15.9. The van der Waals surface area contributed by atoms with Crippen molar-refractivity contribution in [1.29, 1.82) is 0 Å². The zero-order chi connectivity index (χ0) is 12.4. The van der Waals surface area contributed by atoms with Gasteiger partial charge in [0.05, 0.1) is 11.5 Å². The van der Waals surface area contributed by atoms with Crippen LogP contribution < -0.4 is 5.32 Å². The van der Waals surface area contributed by atoms with Crippen molar-refractivity contribution in [2.45, 2.75) is 58.9 Å². The Kier molecular flexibility index (Phi) is 8.94. The molecule has 0 aromatic rings. The molecule has 0 radical (unpaired) electrons. The molecule has 3 nitrogen and oxygen atoms in total. The van der Waals surface area contributed by atoms with Crippen LogP contribution in [0.3, 0.4) is 0 Å². The fraction of sp³-hybridized carbons (Fsp3) is 1.00. The first-order chi connectivity index (χ1) is 7.55. The Morgan fingerprint density at radius 1 is 1.06 bits per heavy atom. The third-order valence-corrected chi connectivity index (χ3v) is 4.62. The average Bonchev–Trinajstić information content (AvgIpc) is 2.25. The van der Waals surface area contributed by atoms with E-state index in [-0.39, 0.29) is 0 Å². The van der Waals surface area contributed by atoms with Crippen LogP contribution in [0.15, 0.2) is 0 Å². The molecule has 0 saturated heterocycles. The van der Waals surface area contributed by atoms with Crippen molar-refractivity contribution in [3.05, 3.63) is 0 Å². The molecule has 1 N–H and O–H groups in total. The summed E-state index contributed by atoms with van der Waals surface area (Å²) in [5.41, 5.74) is 0. The lowest BCUT2D eigenvalue weighted by Crippen LogP contribution is -2.28. The molecule has 0 aromatic carbocycles. The van der Waals surface area contributed by atoms with Crippen molar-refractivity contribution < 1.29 is 8.42 Å². The van der Waals surface area contributed by atoms with Crippen molar-refractivity contribution in [3.8, 4) is 0 Å². The molecule has 0 saturated carbocycles. The van der Waals surface area contributed by atoms with Gasteiger partial charge in [-0.05, 0) is 32.2 Å². The Morgan fingerprint density at radius 3 is 2.19 bits per heavy atom. The van der Waals surface area contributed by atoms with Crippen LogP contribution in [0.1, 0.15) is 52.9 Å². The van der Waals surface area contributed by atoms with E-state index in [1.165, 1.54) is 0 Å². The second-order valence-electron chi connectivity index (χ2n) is 4.31. The summed E-state index contributed by atoms with van der Waals surface area (Å²) in [4.78, 5) is 0. The number of unbranched alkanes of at least 4 members (excludes halogenated alkanes) is 1. The van der Waals surface area contributed by atoms with Crippen molar-refractivity contribution in [2.75, 3.05) is 18.1 Å². The lowest BCUT2D eigenvalue weighted by molar-refractivity contribution is 0.474. The van der Waals surface area contributed by atoms with E-state index in [2.05, 4.69) is 19.2 Å². The second-order valence-corrected chi connectivity index (χ2v) is 6.61. The molecule has 0 rings (SSSR count). The molecule has 0 aliphatic heterocycles. The highest BCUT2D eigenvalue weighted by Gasteiger charge is 2.11. The third kappa shape index (κ3) is 8.11. The Morgan fingerprint density at radius 2 is 1.69 bits per heavy atom. The quantitative estimate of drug-likeness (QED) is 0.646. The summed E-state index contributed by atoms with van der Waals surface area (Å²) in [5, 5.41) is 3.37. The number of nitrogens with one attached hydrogen (secondary N) is 1. The van der Waals surface area contributed by atoms with Crippen molar-refractivity contribution in [1.82, 2.24) is 5.32 Å². The van der Waals surface area contributed by atoms with Gasteiger partial charge in [0.25, 0.3) is 0 Å². The lowest BCUT2D eigenvalue weighted by Gasteiger charge is -2.15. The van der Waals surface area contributed by atoms with Gasteiger partial charge in [-0.1, -0.05) is 27.2 Å². The van der Waals surface area contributed by atoms with Gasteiger partial charge in [-0.2, -0.15) is 0 Å². The van der Waals surface area contributed by atoms with Crippen LogP contribution in [0.5, 0.6) is 0 Å². The number of rotatable bonds is 10. The minimum absolute atomic E-state index is 0.356. The maximum Gasteiger partial charge on any atom is 0.150 e. The fourth-order valence-electron chi connectivity index (χ4n) is 1.76. The van der Waals surface area contributed by atoms with E-state index in [4.69, 9.17) is 0 Å². The van der Waals surface area contributed by atoms with Gasteiger partial charge in [0.1, 0.15) is 9.84 Å². The molecule has 4 heteroatoms. The van der Waals surface area contributed by atoms with E-state index in [9.17, 15) is 8.42 Å². The van der Waals surface area contributed by atoms with Crippen LogP contribution >= 0.6 is 0 Å². The topological polar surface area (TPSA) is 46.2 Å². The first-order valence-corrected chi connectivity index (χ1v) is 8.31. The number of hydrogen-bond donors (Lipinski definition) is 1. The van der Waals surface area contributed by atoms with E-state index < -0.39 is 9.84 Å². The summed E-state index contributed by atoms with van der Waals surface area (Å²) >= 11 is 0. The Bertz CT molecular complexity index is 250. The molecule has 1 unspecified atom stereocenters.